The van der Waals surface area contributed by atoms with Gasteiger partial charge in [0, 0.05) is 44.2 Å². The smallest absolute Gasteiger partial charge is 0.312 e. The van der Waals surface area contributed by atoms with Crippen LogP contribution >= 0.6 is 0 Å². The lowest BCUT2D eigenvalue weighted by Crippen LogP contribution is -2.52. The van der Waals surface area contributed by atoms with Crippen molar-refractivity contribution in [1.29, 1.82) is 0 Å². The molecule has 3 rings (SSSR count). The third kappa shape index (κ3) is 5.84. The summed E-state index contributed by atoms with van der Waals surface area (Å²) in [5.41, 5.74) is 1.10. The van der Waals surface area contributed by atoms with Gasteiger partial charge >= 0.3 is 12.1 Å². The van der Waals surface area contributed by atoms with Crippen LogP contribution in [0.3, 0.4) is 0 Å². The lowest BCUT2D eigenvalue weighted by Gasteiger charge is -2.34. The topological polar surface area (TPSA) is 63.7 Å². The fourth-order valence-electron chi connectivity index (χ4n) is 4.34. The summed E-state index contributed by atoms with van der Waals surface area (Å²) in [5.74, 6) is -2.36. The Kier molecular flexibility index (Phi) is 7.35. The molecular weight excluding hydrogens is 413 g/mol. The summed E-state index contributed by atoms with van der Waals surface area (Å²) in [6, 6.07) is 6.97. The van der Waals surface area contributed by atoms with Gasteiger partial charge in [-0.05, 0) is 31.4 Å². The molecule has 0 unspecified atom stereocenters. The van der Waals surface area contributed by atoms with Crippen LogP contribution in [0.25, 0.3) is 0 Å². The highest BCUT2D eigenvalue weighted by molar-refractivity contribution is 6.10. The van der Waals surface area contributed by atoms with Crippen molar-refractivity contribution in [2.75, 3.05) is 31.1 Å². The highest BCUT2D eigenvalue weighted by atomic mass is 19.4. The quantitative estimate of drug-likeness (QED) is 0.491. The fourth-order valence-corrected chi connectivity index (χ4v) is 4.34. The SMILES string of the molecule is O=C1CCC(=O)N(CCCC[N+]2(OC(=O)C(F)(F)F)CCCCCC2)c2ccccc21. The molecule has 0 radical (unpaired) electrons. The molecule has 0 bridgehead atoms. The van der Waals surface area contributed by atoms with Gasteiger partial charge < -0.3 is 4.90 Å². The maximum atomic E-state index is 12.8. The van der Waals surface area contributed by atoms with Gasteiger partial charge in [0.25, 0.3) is 0 Å². The average molecular weight is 441 g/mol. The Bertz CT molecular complexity index is 817. The summed E-state index contributed by atoms with van der Waals surface area (Å²) >= 11 is 0. The van der Waals surface area contributed by atoms with Gasteiger partial charge in [0.2, 0.25) is 5.91 Å². The molecule has 0 saturated carbocycles. The van der Waals surface area contributed by atoms with Crippen LogP contribution in [0.2, 0.25) is 0 Å². The van der Waals surface area contributed by atoms with Gasteiger partial charge in [0.15, 0.2) is 5.78 Å². The molecule has 1 fully saturated rings. The number of carbonyl (C=O) groups is 3. The Labute approximate surface area is 179 Å². The van der Waals surface area contributed by atoms with E-state index in [0.29, 0.717) is 56.6 Å². The first-order valence-electron chi connectivity index (χ1n) is 10.8. The van der Waals surface area contributed by atoms with Gasteiger partial charge in [-0.25, -0.2) is 4.79 Å². The van der Waals surface area contributed by atoms with E-state index in [9.17, 15) is 27.6 Å². The molecule has 1 aromatic carbocycles. The number of carbonyl (C=O) groups excluding carboxylic acids is 3. The highest BCUT2D eigenvalue weighted by Gasteiger charge is 2.48. The summed E-state index contributed by atoms with van der Waals surface area (Å²) in [4.78, 5) is 42.9. The number of halogens is 3. The van der Waals surface area contributed by atoms with Gasteiger partial charge in [0.05, 0.1) is 5.69 Å². The average Bonchev–Trinajstić information content (AvgIpc) is 3.02. The number of alkyl halides is 3. The van der Waals surface area contributed by atoms with Crippen LogP contribution in [0.15, 0.2) is 24.3 Å². The van der Waals surface area contributed by atoms with Crippen molar-refractivity contribution in [2.45, 2.75) is 57.5 Å². The molecule has 0 atom stereocenters. The zero-order chi connectivity index (χ0) is 22.5. The molecule has 1 amide bonds. The highest BCUT2D eigenvalue weighted by Crippen LogP contribution is 2.28. The number of amides is 1. The van der Waals surface area contributed by atoms with Crippen molar-refractivity contribution in [2.24, 2.45) is 0 Å². The molecule has 31 heavy (non-hydrogen) atoms. The van der Waals surface area contributed by atoms with Gasteiger partial charge in [-0.2, -0.15) is 13.2 Å². The third-order valence-corrected chi connectivity index (χ3v) is 5.95. The molecule has 2 aliphatic rings. The van der Waals surface area contributed by atoms with E-state index in [-0.39, 0.29) is 35.7 Å². The van der Waals surface area contributed by atoms with Gasteiger partial charge in [-0.15, -0.1) is 4.65 Å². The number of rotatable bonds is 6. The Morgan fingerprint density at radius 3 is 2.35 bits per heavy atom. The number of Topliss-reactive ketones (excluding diaryl/α,β-unsaturated/α-hetero) is 1. The summed E-state index contributed by atoms with van der Waals surface area (Å²) in [7, 11) is 0. The van der Waals surface area contributed by atoms with E-state index in [4.69, 9.17) is 4.84 Å². The Morgan fingerprint density at radius 2 is 1.68 bits per heavy atom. The van der Waals surface area contributed by atoms with E-state index in [1.54, 1.807) is 29.2 Å². The Balaban J connectivity index is 1.65. The molecule has 1 saturated heterocycles. The van der Waals surface area contributed by atoms with Crippen molar-refractivity contribution >= 4 is 23.3 Å². The molecule has 0 aromatic heterocycles. The molecule has 0 N–H and O–H groups in total. The van der Waals surface area contributed by atoms with Gasteiger partial charge in [-0.3, -0.25) is 14.4 Å². The zero-order valence-electron chi connectivity index (χ0n) is 17.5. The second-order valence-corrected chi connectivity index (χ2v) is 8.21. The second kappa shape index (κ2) is 9.80. The summed E-state index contributed by atoms with van der Waals surface area (Å²) in [6.45, 7) is 1.35. The van der Waals surface area contributed by atoms with E-state index >= 15 is 0 Å². The number of hydroxylamine groups is 3. The molecule has 0 spiro atoms. The van der Waals surface area contributed by atoms with Crippen LogP contribution in [-0.4, -0.2) is 54.7 Å². The maximum Gasteiger partial charge on any atom is 0.497 e. The van der Waals surface area contributed by atoms with Gasteiger partial charge in [-0.1, -0.05) is 12.1 Å². The van der Waals surface area contributed by atoms with Crippen LogP contribution < -0.4 is 4.90 Å². The van der Waals surface area contributed by atoms with E-state index in [2.05, 4.69) is 0 Å². The number of para-hydroxylation sites is 1. The molecule has 2 aliphatic heterocycles. The van der Waals surface area contributed by atoms with E-state index < -0.39 is 12.1 Å². The summed E-state index contributed by atoms with van der Waals surface area (Å²) in [5, 5.41) is 0. The molecule has 6 nitrogen and oxygen atoms in total. The van der Waals surface area contributed by atoms with Crippen molar-refractivity contribution in [3.8, 4) is 0 Å². The molecule has 170 valence electrons. The first-order chi connectivity index (χ1) is 14.7. The van der Waals surface area contributed by atoms with E-state index in [1.165, 1.54) is 0 Å². The standard InChI is InChI=1S/C22H28F3N2O4/c23-22(24,25)21(30)31-27(14-6-1-2-7-15-27)16-8-5-13-26-18-10-4-3-9-17(18)19(28)11-12-20(26)29/h3-4,9-10H,1-2,5-8,11-16H2/q+1. The Hall–Kier alpha value is -2.42. The van der Waals surface area contributed by atoms with Crippen molar-refractivity contribution in [3.05, 3.63) is 29.8 Å². The van der Waals surface area contributed by atoms with Crippen molar-refractivity contribution in [1.82, 2.24) is 0 Å². The van der Waals surface area contributed by atoms with E-state index in [0.717, 1.165) is 12.8 Å². The van der Waals surface area contributed by atoms with E-state index in [1.807, 2.05) is 0 Å². The first-order valence-corrected chi connectivity index (χ1v) is 10.8. The lowest BCUT2D eigenvalue weighted by molar-refractivity contribution is -1.09. The van der Waals surface area contributed by atoms with Crippen LogP contribution in [0.1, 0.15) is 61.7 Å². The van der Waals surface area contributed by atoms with Crippen LogP contribution in [-0.2, 0) is 14.4 Å². The number of nitrogens with zero attached hydrogens (tertiary/aromatic N) is 2. The predicted octanol–water partition coefficient (Wildman–Crippen LogP) is 4.19. The van der Waals surface area contributed by atoms with Crippen molar-refractivity contribution < 1.29 is 37.0 Å². The third-order valence-electron chi connectivity index (χ3n) is 5.95. The monoisotopic (exact) mass is 441 g/mol. The van der Waals surface area contributed by atoms with Crippen LogP contribution in [0, 0.1) is 0 Å². The maximum absolute atomic E-state index is 12.8. The number of anilines is 1. The molecule has 9 heteroatoms. The van der Waals surface area contributed by atoms with Crippen LogP contribution in [0.4, 0.5) is 18.9 Å². The lowest BCUT2D eigenvalue weighted by atomic mass is 10.1. The summed E-state index contributed by atoms with van der Waals surface area (Å²) in [6.07, 6.45) is -0.505. The second-order valence-electron chi connectivity index (χ2n) is 8.21. The largest absolute Gasteiger partial charge is 0.497 e. The number of quaternary nitrogens is 1. The normalized spacial score (nSPS) is 19.4. The number of likely N-dealkylation sites (tertiary alicyclic amines) is 1. The summed E-state index contributed by atoms with van der Waals surface area (Å²) < 4.78 is 38.1. The molecule has 1 aromatic rings. The van der Waals surface area contributed by atoms with Gasteiger partial charge in [0.1, 0.15) is 19.6 Å². The van der Waals surface area contributed by atoms with Crippen molar-refractivity contribution in [3.63, 3.8) is 0 Å². The minimum atomic E-state index is -5.02. The number of ketones is 1. The number of unbranched alkanes of at least 4 members (excludes halogenated alkanes) is 1. The van der Waals surface area contributed by atoms with Crippen LogP contribution in [0.5, 0.6) is 0 Å². The predicted molar refractivity (Wildman–Crippen MR) is 107 cm³/mol. The first kappa shape index (κ1) is 23.2. The molecule has 0 aliphatic carbocycles. The number of hydrogen-bond donors (Lipinski definition) is 0. The minimum absolute atomic E-state index is 0.0698. The number of hydrogen-bond acceptors (Lipinski definition) is 4. The number of fused-ring (bicyclic) bond motifs is 1. The molecular formula is C22H28F3N2O4+. The fraction of sp³-hybridized carbons (Fsp3) is 0.591. The molecule has 2 heterocycles. The Morgan fingerprint density at radius 1 is 1.00 bits per heavy atom. The zero-order valence-corrected chi connectivity index (χ0v) is 17.5. The number of benzene rings is 1. The minimum Gasteiger partial charge on any atom is -0.312 e.